The Kier molecular flexibility index (Phi) is 4.31. The maximum absolute atomic E-state index is 12.4. The summed E-state index contributed by atoms with van der Waals surface area (Å²) in [5.74, 6) is 0.553. The second-order valence-electron chi connectivity index (χ2n) is 2.55. The molecule has 0 N–H and O–H groups in total. The van der Waals surface area contributed by atoms with E-state index in [9.17, 15) is 8.78 Å². The smallest absolute Gasteiger partial charge is 0.263 e. The minimum Gasteiger partial charge on any atom is -0.492 e. The quantitative estimate of drug-likeness (QED) is 0.790. The van der Waals surface area contributed by atoms with Gasteiger partial charge in [0.25, 0.3) is 6.43 Å². The molecular weight excluding hydrogens is 322 g/mol. The van der Waals surface area contributed by atoms with Gasteiger partial charge in [0, 0.05) is 5.56 Å². The number of ether oxygens (including phenoxy) is 1. The molecule has 0 heterocycles. The number of hydrogen-bond donors (Lipinski definition) is 0. The zero-order chi connectivity index (χ0) is 10.7. The van der Waals surface area contributed by atoms with Gasteiger partial charge in [-0.3, -0.25) is 0 Å². The largest absolute Gasteiger partial charge is 0.492 e. The van der Waals surface area contributed by atoms with Crippen LogP contribution in [0.1, 0.15) is 18.9 Å². The van der Waals surface area contributed by atoms with Gasteiger partial charge in [0.05, 0.1) is 15.6 Å². The molecule has 1 nitrogen and oxygen atoms in total. The molecule has 1 aromatic carbocycles. The summed E-state index contributed by atoms with van der Waals surface area (Å²) < 4.78 is 31.1. The van der Waals surface area contributed by atoms with Crippen LogP contribution in [0.2, 0.25) is 0 Å². The molecule has 0 bridgehead atoms. The molecule has 0 aromatic heterocycles. The summed E-state index contributed by atoms with van der Waals surface area (Å²) in [7, 11) is 0. The Morgan fingerprint density at radius 1 is 1.29 bits per heavy atom. The Bertz CT molecular complexity index is 306. The molecule has 0 atom stereocenters. The first kappa shape index (κ1) is 11.9. The van der Waals surface area contributed by atoms with Crippen LogP contribution < -0.4 is 4.74 Å². The van der Waals surface area contributed by atoms with E-state index in [1.165, 1.54) is 12.1 Å². The fourth-order valence-electron chi connectivity index (χ4n) is 0.988. The predicted octanol–water partition coefficient (Wildman–Crippen LogP) is 4.55. The van der Waals surface area contributed by atoms with E-state index in [-0.39, 0.29) is 5.56 Å². The Morgan fingerprint density at radius 2 is 1.79 bits per heavy atom. The van der Waals surface area contributed by atoms with Crippen molar-refractivity contribution in [3.8, 4) is 5.75 Å². The molecule has 0 saturated heterocycles. The Labute approximate surface area is 97.7 Å². The van der Waals surface area contributed by atoms with Crippen LogP contribution in [0.5, 0.6) is 5.75 Å². The van der Waals surface area contributed by atoms with Crippen LogP contribution in [0.3, 0.4) is 0 Å². The normalized spacial score (nSPS) is 10.7. The first-order valence-electron chi connectivity index (χ1n) is 3.96. The molecule has 0 amide bonds. The lowest BCUT2D eigenvalue weighted by molar-refractivity contribution is 0.151. The number of rotatable bonds is 3. The fraction of sp³-hybridized carbons (Fsp3) is 0.333. The lowest BCUT2D eigenvalue weighted by Crippen LogP contribution is -1.95. The first-order chi connectivity index (χ1) is 6.56. The Morgan fingerprint density at radius 3 is 2.14 bits per heavy atom. The molecule has 1 rings (SSSR count). The first-order valence-corrected chi connectivity index (χ1v) is 5.54. The Balaban J connectivity index is 3.11. The number of alkyl halides is 2. The van der Waals surface area contributed by atoms with Crippen molar-refractivity contribution < 1.29 is 13.5 Å². The van der Waals surface area contributed by atoms with Crippen LogP contribution >= 0.6 is 31.9 Å². The zero-order valence-electron chi connectivity index (χ0n) is 7.36. The van der Waals surface area contributed by atoms with E-state index < -0.39 is 6.43 Å². The van der Waals surface area contributed by atoms with Crippen molar-refractivity contribution in [1.82, 2.24) is 0 Å². The molecular formula is C9H8Br2F2O. The molecule has 0 radical (unpaired) electrons. The number of hydrogen-bond acceptors (Lipinski definition) is 1. The molecule has 0 fully saturated rings. The minimum atomic E-state index is -2.47. The van der Waals surface area contributed by atoms with Gasteiger partial charge >= 0.3 is 0 Å². The molecule has 0 saturated carbocycles. The van der Waals surface area contributed by atoms with Crippen LogP contribution in [0.4, 0.5) is 8.78 Å². The van der Waals surface area contributed by atoms with E-state index >= 15 is 0 Å². The van der Waals surface area contributed by atoms with Crippen molar-refractivity contribution >= 4 is 31.9 Å². The van der Waals surface area contributed by atoms with E-state index in [4.69, 9.17) is 4.74 Å². The van der Waals surface area contributed by atoms with Gasteiger partial charge in [0.1, 0.15) is 5.75 Å². The summed E-state index contributed by atoms with van der Waals surface area (Å²) in [5.41, 5.74) is -0.0350. The molecule has 78 valence electrons. The predicted molar refractivity (Wildman–Crippen MR) is 58.0 cm³/mol. The maximum atomic E-state index is 12.4. The fourth-order valence-corrected chi connectivity index (χ4v) is 2.44. The average molecular weight is 330 g/mol. The third kappa shape index (κ3) is 2.67. The lowest BCUT2D eigenvalue weighted by atomic mass is 10.2. The van der Waals surface area contributed by atoms with Gasteiger partial charge in [-0.15, -0.1) is 0 Å². The molecule has 0 spiro atoms. The van der Waals surface area contributed by atoms with Crippen LogP contribution in [-0.4, -0.2) is 6.61 Å². The summed E-state index contributed by atoms with van der Waals surface area (Å²) in [6.45, 7) is 2.32. The molecule has 14 heavy (non-hydrogen) atoms. The van der Waals surface area contributed by atoms with E-state index in [1.54, 1.807) is 0 Å². The molecule has 1 aromatic rings. The molecule has 0 aliphatic rings. The van der Waals surface area contributed by atoms with Gasteiger partial charge in [-0.25, -0.2) is 8.78 Å². The SMILES string of the molecule is CCOc1c(Br)cc(C(F)F)cc1Br. The highest BCUT2D eigenvalue weighted by Crippen LogP contribution is 2.37. The molecule has 0 aliphatic carbocycles. The second-order valence-corrected chi connectivity index (χ2v) is 4.26. The summed E-state index contributed by atoms with van der Waals surface area (Å²) in [6, 6.07) is 2.72. The summed E-state index contributed by atoms with van der Waals surface area (Å²) in [5, 5.41) is 0. The van der Waals surface area contributed by atoms with Gasteiger partial charge in [0.2, 0.25) is 0 Å². The number of halogens is 4. The van der Waals surface area contributed by atoms with Crippen molar-refractivity contribution in [2.45, 2.75) is 13.3 Å². The summed E-state index contributed by atoms with van der Waals surface area (Å²) >= 11 is 6.36. The van der Waals surface area contributed by atoms with Crippen molar-refractivity contribution in [2.24, 2.45) is 0 Å². The molecule has 5 heteroatoms. The minimum absolute atomic E-state index is 0.0350. The summed E-state index contributed by atoms with van der Waals surface area (Å²) in [6.07, 6.45) is -2.47. The maximum Gasteiger partial charge on any atom is 0.263 e. The molecule has 0 unspecified atom stereocenters. The monoisotopic (exact) mass is 328 g/mol. The standard InChI is InChI=1S/C9H8Br2F2O/c1-2-14-8-6(10)3-5(9(12)13)4-7(8)11/h3-4,9H,2H2,1H3. The van der Waals surface area contributed by atoms with E-state index in [0.717, 1.165) is 0 Å². The third-order valence-corrected chi connectivity index (χ3v) is 2.74. The van der Waals surface area contributed by atoms with Crippen LogP contribution in [0.15, 0.2) is 21.1 Å². The van der Waals surface area contributed by atoms with Crippen molar-refractivity contribution in [1.29, 1.82) is 0 Å². The Hall–Kier alpha value is -0.160. The van der Waals surface area contributed by atoms with Crippen molar-refractivity contribution in [2.75, 3.05) is 6.61 Å². The summed E-state index contributed by atoms with van der Waals surface area (Å²) in [4.78, 5) is 0. The van der Waals surface area contributed by atoms with Crippen LogP contribution in [0, 0.1) is 0 Å². The van der Waals surface area contributed by atoms with Crippen LogP contribution in [0.25, 0.3) is 0 Å². The van der Waals surface area contributed by atoms with Gasteiger partial charge in [-0.05, 0) is 50.9 Å². The third-order valence-electron chi connectivity index (χ3n) is 1.56. The average Bonchev–Trinajstić information content (AvgIpc) is 2.10. The highest BCUT2D eigenvalue weighted by atomic mass is 79.9. The highest BCUT2D eigenvalue weighted by molar-refractivity contribution is 9.11. The van der Waals surface area contributed by atoms with Gasteiger partial charge in [0.15, 0.2) is 0 Å². The van der Waals surface area contributed by atoms with E-state index in [1.807, 2.05) is 6.92 Å². The van der Waals surface area contributed by atoms with Crippen molar-refractivity contribution in [3.63, 3.8) is 0 Å². The number of benzene rings is 1. The van der Waals surface area contributed by atoms with Gasteiger partial charge < -0.3 is 4.74 Å². The topological polar surface area (TPSA) is 9.23 Å². The lowest BCUT2D eigenvalue weighted by Gasteiger charge is -2.10. The van der Waals surface area contributed by atoms with E-state index in [0.29, 0.717) is 21.3 Å². The zero-order valence-corrected chi connectivity index (χ0v) is 10.5. The van der Waals surface area contributed by atoms with Gasteiger partial charge in [-0.1, -0.05) is 0 Å². The van der Waals surface area contributed by atoms with E-state index in [2.05, 4.69) is 31.9 Å². The highest BCUT2D eigenvalue weighted by Gasteiger charge is 2.13. The second kappa shape index (κ2) is 5.07. The molecule has 0 aliphatic heterocycles. The van der Waals surface area contributed by atoms with Crippen LogP contribution in [-0.2, 0) is 0 Å². The van der Waals surface area contributed by atoms with Gasteiger partial charge in [-0.2, -0.15) is 0 Å². The van der Waals surface area contributed by atoms with Crippen molar-refractivity contribution in [3.05, 3.63) is 26.6 Å².